The number of nitrogens with zero attached hydrogens (tertiary/aromatic N) is 1. The van der Waals surface area contributed by atoms with Crippen molar-refractivity contribution in [2.75, 3.05) is 6.26 Å². The van der Waals surface area contributed by atoms with Crippen LogP contribution in [0.3, 0.4) is 0 Å². The van der Waals surface area contributed by atoms with E-state index in [4.69, 9.17) is 5.26 Å². The third kappa shape index (κ3) is 2.97. The van der Waals surface area contributed by atoms with Gasteiger partial charge in [0.15, 0.2) is 9.84 Å². The molecule has 1 fully saturated rings. The summed E-state index contributed by atoms with van der Waals surface area (Å²) in [7, 11) is -3.18. The first-order valence-electron chi connectivity index (χ1n) is 8.93. The van der Waals surface area contributed by atoms with Crippen LogP contribution in [0.1, 0.15) is 48.8 Å². The molecular weight excluding hydrogens is 342 g/mol. The summed E-state index contributed by atoms with van der Waals surface area (Å²) in [5, 5.41) is 9.03. The zero-order valence-electron chi connectivity index (χ0n) is 14.8. The van der Waals surface area contributed by atoms with E-state index in [-0.39, 0.29) is 0 Å². The average Bonchev–Trinajstić information content (AvgIpc) is 3.03. The Labute approximate surface area is 154 Å². The molecule has 0 amide bonds. The summed E-state index contributed by atoms with van der Waals surface area (Å²) in [6.45, 7) is 0. The van der Waals surface area contributed by atoms with Gasteiger partial charge in [0, 0.05) is 6.26 Å². The molecule has 4 rings (SSSR count). The third-order valence-electron chi connectivity index (χ3n) is 5.88. The van der Waals surface area contributed by atoms with Gasteiger partial charge < -0.3 is 0 Å². The van der Waals surface area contributed by atoms with Crippen molar-refractivity contribution < 1.29 is 8.42 Å². The van der Waals surface area contributed by atoms with Crippen LogP contribution in [0, 0.1) is 16.7 Å². The van der Waals surface area contributed by atoms with E-state index in [9.17, 15) is 8.42 Å². The SMILES string of the molecule is CS(=O)(=O)c1ccc(C2=C(c3ccc(C#N)cc3)CC3(CCC3)C2)cc1. The fourth-order valence-electron chi connectivity index (χ4n) is 4.26. The smallest absolute Gasteiger partial charge is 0.175 e. The van der Waals surface area contributed by atoms with Crippen molar-refractivity contribution in [1.82, 2.24) is 0 Å². The monoisotopic (exact) mass is 363 g/mol. The van der Waals surface area contributed by atoms with Crippen LogP contribution in [-0.2, 0) is 9.84 Å². The van der Waals surface area contributed by atoms with Crippen LogP contribution in [0.4, 0.5) is 0 Å². The Hall–Kier alpha value is -2.38. The van der Waals surface area contributed by atoms with Crippen LogP contribution in [0.5, 0.6) is 0 Å². The molecule has 0 bridgehead atoms. The molecule has 1 spiro atoms. The van der Waals surface area contributed by atoms with Crippen LogP contribution in [0.2, 0.25) is 0 Å². The van der Waals surface area contributed by atoms with Crippen molar-refractivity contribution >= 4 is 21.0 Å². The highest BCUT2D eigenvalue weighted by Crippen LogP contribution is 2.59. The topological polar surface area (TPSA) is 57.9 Å². The van der Waals surface area contributed by atoms with Gasteiger partial charge in [-0.05, 0) is 77.6 Å². The average molecular weight is 363 g/mol. The van der Waals surface area contributed by atoms with E-state index in [0.717, 1.165) is 18.4 Å². The number of nitriles is 1. The molecule has 1 saturated carbocycles. The molecule has 4 heteroatoms. The number of rotatable bonds is 3. The summed E-state index contributed by atoms with van der Waals surface area (Å²) in [6.07, 6.45) is 7.18. The molecule has 0 aliphatic heterocycles. The van der Waals surface area contributed by atoms with Gasteiger partial charge in [0.2, 0.25) is 0 Å². The van der Waals surface area contributed by atoms with Gasteiger partial charge in [0.1, 0.15) is 0 Å². The fraction of sp³-hybridized carbons (Fsp3) is 0.318. The molecule has 0 aromatic heterocycles. The van der Waals surface area contributed by atoms with E-state index in [1.807, 2.05) is 36.4 Å². The van der Waals surface area contributed by atoms with Crippen molar-refractivity contribution in [1.29, 1.82) is 5.26 Å². The second-order valence-electron chi connectivity index (χ2n) is 7.65. The van der Waals surface area contributed by atoms with Gasteiger partial charge in [0.25, 0.3) is 0 Å². The van der Waals surface area contributed by atoms with Gasteiger partial charge in [-0.1, -0.05) is 30.7 Å². The van der Waals surface area contributed by atoms with Crippen LogP contribution in [-0.4, -0.2) is 14.7 Å². The van der Waals surface area contributed by atoms with E-state index in [2.05, 4.69) is 6.07 Å². The lowest BCUT2D eigenvalue weighted by Crippen LogP contribution is -2.26. The molecule has 0 saturated heterocycles. The highest BCUT2D eigenvalue weighted by Gasteiger charge is 2.43. The number of sulfone groups is 1. The van der Waals surface area contributed by atoms with Crippen LogP contribution >= 0.6 is 0 Å². The van der Waals surface area contributed by atoms with Crippen molar-refractivity contribution in [3.8, 4) is 6.07 Å². The van der Waals surface area contributed by atoms with E-state index in [0.29, 0.717) is 15.9 Å². The molecule has 0 atom stereocenters. The van der Waals surface area contributed by atoms with Gasteiger partial charge in [0.05, 0.1) is 16.5 Å². The van der Waals surface area contributed by atoms with Crippen LogP contribution in [0.15, 0.2) is 53.4 Å². The number of allylic oxidation sites excluding steroid dienone is 2. The maximum Gasteiger partial charge on any atom is 0.175 e. The number of hydrogen-bond acceptors (Lipinski definition) is 3. The molecule has 2 aromatic carbocycles. The third-order valence-corrected chi connectivity index (χ3v) is 7.00. The largest absolute Gasteiger partial charge is 0.224 e. The second kappa shape index (κ2) is 6.10. The maximum absolute atomic E-state index is 11.7. The van der Waals surface area contributed by atoms with Crippen LogP contribution < -0.4 is 0 Å². The lowest BCUT2D eigenvalue weighted by Gasteiger charge is -2.39. The molecule has 0 N–H and O–H groups in total. The quantitative estimate of drug-likeness (QED) is 0.784. The fourth-order valence-corrected chi connectivity index (χ4v) is 4.89. The summed E-state index contributed by atoms with van der Waals surface area (Å²) in [5.74, 6) is 0. The lowest BCUT2D eigenvalue weighted by atomic mass is 9.66. The molecule has 2 aliphatic rings. The minimum absolute atomic E-state index is 0.359. The predicted octanol–water partition coefficient (Wildman–Crippen LogP) is 4.84. The Morgan fingerprint density at radius 1 is 0.885 bits per heavy atom. The molecule has 132 valence electrons. The second-order valence-corrected chi connectivity index (χ2v) is 9.67. The van der Waals surface area contributed by atoms with Crippen molar-refractivity contribution in [3.05, 3.63) is 65.2 Å². The van der Waals surface area contributed by atoms with Crippen molar-refractivity contribution in [3.63, 3.8) is 0 Å². The van der Waals surface area contributed by atoms with Gasteiger partial charge in [-0.3, -0.25) is 0 Å². The number of benzene rings is 2. The Kier molecular flexibility index (Phi) is 4.00. The maximum atomic E-state index is 11.7. The molecule has 0 radical (unpaired) electrons. The van der Waals surface area contributed by atoms with E-state index in [1.165, 1.54) is 42.2 Å². The highest BCUT2D eigenvalue weighted by atomic mass is 32.2. The predicted molar refractivity (Wildman–Crippen MR) is 103 cm³/mol. The molecule has 2 aromatic rings. The van der Waals surface area contributed by atoms with Gasteiger partial charge in [-0.25, -0.2) is 8.42 Å². The molecule has 0 heterocycles. The highest BCUT2D eigenvalue weighted by molar-refractivity contribution is 7.90. The molecule has 2 aliphatic carbocycles. The molecule has 3 nitrogen and oxygen atoms in total. The first-order chi connectivity index (χ1) is 12.4. The Balaban J connectivity index is 1.77. The molecule has 26 heavy (non-hydrogen) atoms. The Morgan fingerprint density at radius 2 is 1.38 bits per heavy atom. The zero-order chi connectivity index (χ0) is 18.4. The van der Waals surface area contributed by atoms with Gasteiger partial charge >= 0.3 is 0 Å². The van der Waals surface area contributed by atoms with Gasteiger partial charge in [-0.2, -0.15) is 5.26 Å². The summed E-state index contributed by atoms with van der Waals surface area (Å²) < 4.78 is 23.5. The van der Waals surface area contributed by atoms with E-state index >= 15 is 0 Å². The lowest BCUT2D eigenvalue weighted by molar-refractivity contribution is 0.157. The van der Waals surface area contributed by atoms with Crippen molar-refractivity contribution in [2.24, 2.45) is 5.41 Å². The standard InChI is InChI=1S/C22H21NO2S/c1-26(24,25)19-9-7-18(8-10-19)21-14-22(11-2-12-22)13-20(21)17-5-3-16(15-23)4-6-17/h3-10H,2,11-14H2,1H3. The first kappa shape index (κ1) is 17.1. The van der Waals surface area contributed by atoms with Gasteiger partial charge in [-0.15, -0.1) is 0 Å². The minimum atomic E-state index is -3.18. The first-order valence-corrected chi connectivity index (χ1v) is 10.8. The Bertz CT molecular complexity index is 1020. The molecule has 0 unspecified atom stereocenters. The molecular formula is C22H21NO2S. The zero-order valence-corrected chi connectivity index (χ0v) is 15.6. The van der Waals surface area contributed by atoms with E-state index < -0.39 is 9.84 Å². The van der Waals surface area contributed by atoms with Crippen LogP contribution in [0.25, 0.3) is 11.1 Å². The minimum Gasteiger partial charge on any atom is -0.224 e. The summed E-state index contributed by atoms with van der Waals surface area (Å²) >= 11 is 0. The summed E-state index contributed by atoms with van der Waals surface area (Å²) in [6, 6.07) is 17.3. The van der Waals surface area contributed by atoms with Crippen molar-refractivity contribution in [2.45, 2.75) is 37.0 Å². The van der Waals surface area contributed by atoms with E-state index in [1.54, 1.807) is 12.1 Å². The number of hydrogen-bond donors (Lipinski definition) is 0. The summed E-state index contributed by atoms with van der Waals surface area (Å²) in [5.41, 5.74) is 6.02. The summed E-state index contributed by atoms with van der Waals surface area (Å²) in [4.78, 5) is 0.359. The Morgan fingerprint density at radius 3 is 1.77 bits per heavy atom. The normalized spacial score (nSPS) is 18.6.